The van der Waals surface area contributed by atoms with Crippen LogP contribution in [0.25, 0.3) is 11.6 Å². The molecule has 0 radical (unpaired) electrons. The fraction of sp³-hybridized carbons (Fsp3) is 0.478. The van der Waals surface area contributed by atoms with Crippen molar-refractivity contribution in [2.24, 2.45) is 0 Å². The average Bonchev–Trinajstić information content (AvgIpc) is 3.34. The number of nitrogens with one attached hydrogen (secondary N) is 1. The van der Waals surface area contributed by atoms with Crippen molar-refractivity contribution < 1.29 is 8.91 Å². The van der Waals surface area contributed by atoms with Gasteiger partial charge >= 0.3 is 0 Å². The Bertz CT molecular complexity index is 1150. The lowest BCUT2D eigenvalue weighted by Crippen LogP contribution is -2.42. The van der Waals surface area contributed by atoms with Gasteiger partial charge in [0, 0.05) is 30.1 Å². The number of nitrogens with zero attached hydrogens (tertiary/aromatic N) is 5. The molecule has 10 heteroatoms. The van der Waals surface area contributed by atoms with Crippen molar-refractivity contribution in [1.82, 2.24) is 20.3 Å². The van der Waals surface area contributed by atoms with Crippen molar-refractivity contribution in [3.05, 3.63) is 45.4 Å². The Morgan fingerprint density at radius 1 is 1.21 bits per heavy atom. The number of rotatable bonds is 5. The lowest BCUT2D eigenvalue weighted by Gasteiger charge is -2.36. The molecule has 0 bridgehead atoms. The molecule has 1 fully saturated rings. The molecule has 33 heavy (non-hydrogen) atoms. The molecule has 0 amide bonds. The molecule has 0 spiro atoms. The van der Waals surface area contributed by atoms with Gasteiger partial charge < -0.3 is 14.7 Å². The van der Waals surface area contributed by atoms with Crippen LogP contribution >= 0.6 is 23.2 Å². The number of anilines is 2. The van der Waals surface area contributed by atoms with Crippen molar-refractivity contribution >= 4 is 34.7 Å². The van der Waals surface area contributed by atoms with E-state index in [0.29, 0.717) is 46.9 Å². The molecule has 1 aromatic carbocycles. The molecule has 3 heterocycles. The van der Waals surface area contributed by atoms with Crippen LogP contribution in [0.1, 0.15) is 56.3 Å². The molecule has 2 aliphatic rings. The second kappa shape index (κ2) is 9.43. The molecule has 1 N–H and O–H groups in total. The lowest BCUT2D eigenvalue weighted by molar-refractivity contribution is 0.384. The summed E-state index contributed by atoms with van der Waals surface area (Å²) in [6.45, 7) is 3.50. The van der Waals surface area contributed by atoms with Gasteiger partial charge in [-0.05, 0) is 49.9 Å². The summed E-state index contributed by atoms with van der Waals surface area (Å²) in [4.78, 5) is 6.82. The van der Waals surface area contributed by atoms with Crippen molar-refractivity contribution in [1.29, 1.82) is 0 Å². The summed E-state index contributed by atoms with van der Waals surface area (Å²) in [5.74, 6) is 1.69. The zero-order valence-electron chi connectivity index (χ0n) is 18.3. The summed E-state index contributed by atoms with van der Waals surface area (Å²) in [6, 6.07) is 4.73. The molecule has 1 aliphatic heterocycles. The molecule has 1 unspecified atom stereocenters. The van der Waals surface area contributed by atoms with E-state index >= 15 is 0 Å². The normalized spacial score (nSPS) is 17.5. The summed E-state index contributed by atoms with van der Waals surface area (Å²) < 4.78 is 19.6. The third-order valence-corrected chi connectivity index (χ3v) is 7.29. The Balaban J connectivity index is 1.41. The van der Waals surface area contributed by atoms with E-state index < -0.39 is 5.82 Å². The first-order valence-electron chi connectivity index (χ1n) is 11.4. The summed E-state index contributed by atoms with van der Waals surface area (Å²) in [6.07, 6.45) is 6.34. The fourth-order valence-corrected chi connectivity index (χ4v) is 5.26. The van der Waals surface area contributed by atoms with Gasteiger partial charge in [-0.25, -0.2) is 4.39 Å². The Morgan fingerprint density at radius 3 is 2.85 bits per heavy atom. The van der Waals surface area contributed by atoms with E-state index in [1.165, 1.54) is 25.3 Å². The first-order chi connectivity index (χ1) is 16.0. The van der Waals surface area contributed by atoms with Gasteiger partial charge in [-0.1, -0.05) is 47.6 Å². The Labute approximate surface area is 201 Å². The van der Waals surface area contributed by atoms with E-state index in [0.717, 1.165) is 30.9 Å². The molecular weight excluding hydrogens is 466 g/mol. The van der Waals surface area contributed by atoms with Crippen LogP contribution in [0.15, 0.2) is 22.7 Å². The Kier molecular flexibility index (Phi) is 6.38. The van der Waals surface area contributed by atoms with E-state index in [-0.39, 0.29) is 11.1 Å². The van der Waals surface area contributed by atoms with E-state index in [2.05, 4.69) is 37.5 Å². The zero-order chi connectivity index (χ0) is 22.9. The van der Waals surface area contributed by atoms with Crippen molar-refractivity contribution in [2.45, 2.75) is 57.4 Å². The summed E-state index contributed by atoms with van der Waals surface area (Å²) in [5.41, 5.74) is 2.01. The van der Waals surface area contributed by atoms with E-state index in [4.69, 9.17) is 27.7 Å². The highest BCUT2D eigenvalue weighted by atomic mass is 35.5. The topological polar surface area (TPSA) is 80.0 Å². The molecule has 2 aromatic heterocycles. The number of fused-ring (bicyclic) bond motifs is 1. The Morgan fingerprint density at radius 2 is 2.03 bits per heavy atom. The lowest BCUT2D eigenvalue weighted by atomic mass is 9.89. The zero-order valence-corrected chi connectivity index (χ0v) is 19.8. The standard InChI is InChI=1S/C23H25Cl2FN6O/c1-13(11-15-16(24)7-8-17(26)20(15)25)32-10-9-27-22-19(32)12-18(29-30-22)23-28-21(31-33-23)14-5-3-2-4-6-14/h7-8,12-14H,2-6,9-11H2,1H3,(H,27,30). The van der Waals surface area contributed by atoms with E-state index in [1.807, 2.05) is 6.07 Å². The summed E-state index contributed by atoms with van der Waals surface area (Å²) in [7, 11) is 0. The highest BCUT2D eigenvalue weighted by Gasteiger charge is 2.27. The highest BCUT2D eigenvalue weighted by Crippen LogP contribution is 2.35. The number of benzene rings is 1. The predicted molar refractivity (Wildman–Crippen MR) is 127 cm³/mol. The SMILES string of the molecule is CC(Cc1c(Cl)ccc(F)c1Cl)N1CCNc2nnc(-c3nc(C4CCCCC4)no3)cc21. The molecular formula is C23H25Cl2FN6O. The fourth-order valence-electron chi connectivity index (χ4n) is 4.73. The monoisotopic (exact) mass is 490 g/mol. The van der Waals surface area contributed by atoms with Gasteiger partial charge in [0.25, 0.3) is 5.89 Å². The summed E-state index contributed by atoms with van der Waals surface area (Å²) >= 11 is 12.5. The van der Waals surface area contributed by atoms with Crippen LogP contribution in [0.2, 0.25) is 10.0 Å². The maximum absolute atomic E-state index is 14.0. The maximum atomic E-state index is 14.0. The van der Waals surface area contributed by atoms with Crippen molar-refractivity contribution in [2.75, 3.05) is 23.3 Å². The van der Waals surface area contributed by atoms with E-state index in [1.54, 1.807) is 6.07 Å². The molecule has 1 aliphatic carbocycles. The van der Waals surface area contributed by atoms with Gasteiger partial charge in [-0.3, -0.25) is 0 Å². The van der Waals surface area contributed by atoms with Gasteiger partial charge in [-0.15, -0.1) is 10.2 Å². The smallest absolute Gasteiger partial charge is 0.278 e. The van der Waals surface area contributed by atoms with Crippen LogP contribution in [-0.2, 0) is 6.42 Å². The third-order valence-electron chi connectivity index (χ3n) is 6.53. The highest BCUT2D eigenvalue weighted by molar-refractivity contribution is 6.36. The van der Waals surface area contributed by atoms with Crippen LogP contribution < -0.4 is 10.2 Å². The number of hydrogen-bond acceptors (Lipinski definition) is 7. The van der Waals surface area contributed by atoms with Gasteiger partial charge in [0.2, 0.25) is 0 Å². The van der Waals surface area contributed by atoms with Crippen LogP contribution in [0.4, 0.5) is 15.9 Å². The molecule has 1 atom stereocenters. The predicted octanol–water partition coefficient (Wildman–Crippen LogP) is 5.88. The maximum Gasteiger partial charge on any atom is 0.278 e. The summed E-state index contributed by atoms with van der Waals surface area (Å²) in [5, 5.41) is 16.7. The van der Waals surface area contributed by atoms with Crippen LogP contribution in [0, 0.1) is 5.82 Å². The second-order valence-corrected chi connectivity index (χ2v) is 9.54. The number of hydrogen-bond donors (Lipinski definition) is 1. The molecule has 174 valence electrons. The molecule has 5 rings (SSSR count). The first-order valence-corrected chi connectivity index (χ1v) is 12.1. The minimum absolute atomic E-state index is 0.0137. The van der Waals surface area contributed by atoms with Gasteiger partial charge in [0.1, 0.15) is 5.82 Å². The minimum Gasteiger partial charge on any atom is -0.365 e. The quantitative estimate of drug-likeness (QED) is 0.446. The first kappa shape index (κ1) is 22.3. The number of halogens is 3. The molecule has 1 saturated carbocycles. The van der Waals surface area contributed by atoms with Gasteiger partial charge in [0.05, 0.1) is 10.7 Å². The Hall–Kier alpha value is -2.45. The van der Waals surface area contributed by atoms with Crippen molar-refractivity contribution in [3.63, 3.8) is 0 Å². The molecule has 3 aromatic rings. The average molecular weight is 491 g/mol. The molecule has 7 nitrogen and oxygen atoms in total. The molecule has 0 saturated heterocycles. The van der Waals surface area contributed by atoms with Gasteiger partial charge in [-0.2, -0.15) is 4.98 Å². The second-order valence-electron chi connectivity index (χ2n) is 8.75. The van der Waals surface area contributed by atoms with Crippen LogP contribution in [0.5, 0.6) is 0 Å². The number of aromatic nitrogens is 4. The van der Waals surface area contributed by atoms with Crippen LogP contribution in [0.3, 0.4) is 0 Å². The minimum atomic E-state index is -0.470. The van der Waals surface area contributed by atoms with Crippen molar-refractivity contribution in [3.8, 4) is 11.6 Å². The largest absolute Gasteiger partial charge is 0.365 e. The van der Waals surface area contributed by atoms with Gasteiger partial charge in [0.15, 0.2) is 17.3 Å². The van der Waals surface area contributed by atoms with Crippen LogP contribution in [-0.4, -0.2) is 39.5 Å². The third kappa shape index (κ3) is 4.51. The van der Waals surface area contributed by atoms with E-state index in [9.17, 15) is 4.39 Å².